The third-order valence-corrected chi connectivity index (χ3v) is 6.81. The molecule has 3 aromatic rings. The number of carbonyl (C=O) groups is 1. The van der Waals surface area contributed by atoms with Crippen molar-refractivity contribution in [1.29, 1.82) is 0 Å². The number of aryl methyl sites for hydroxylation is 1. The Labute approximate surface area is 209 Å². The Balaban J connectivity index is 1.94. The molecule has 0 radical (unpaired) electrons. The number of hydrogen-bond donors (Lipinski definition) is 0. The van der Waals surface area contributed by atoms with Crippen molar-refractivity contribution < 1.29 is 19.0 Å². The van der Waals surface area contributed by atoms with Crippen molar-refractivity contribution >= 4 is 50.3 Å². The Hall–Kier alpha value is -2.81. The summed E-state index contributed by atoms with van der Waals surface area (Å²) in [7, 11) is 8.69. The fourth-order valence-corrected chi connectivity index (χ4v) is 4.85. The summed E-state index contributed by atoms with van der Waals surface area (Å²) in [5.74, 6) is 1.38. The van der Waals surface area contributed by atoms with Gasteiger partial charge in [-0.05, 0) is 69.4 Å². The number of ether oxygens (including phenoxy) is 3. The molecule has 0 bridgehead atoms. The second-order valence-corrected chi connectivity index (χ2v) is 9.36. The average Bonchev–Trinajstić information content (AvgIpc) is 3.28. The number of nitrogens with zero attached hydrogens (tertiary/aromatic N) is 3. The predicted octanol–water partition coefficient (Wildman–Crippen LogP) is 5.28. The highest BCUT2D eigenvalue weighted by atomic mass is 35.5. The van der Waals surface area contributed by atoms with Crippen LogP contribution in [0.2, 0.25) is 5.02 Å². The molecule has 0 spiro atoms. The molecule has 2 aromatic carbocycles. The van der Waals surface area contributed by atoms with Crippen LogP contribution in [0.4, 0.5) is 5.13 Å². The van der Waals surface area contributed by atoms with E-state index in [1.807, 2.05) is 33.2 Å². The molecule has 0 fully saturated rings. The Morgan fingerprint density at radius 3 is 2.32 bits per heavy atom. The number of hydrogen-bond acceptors (Lipinski definition) is 7. The molecule has 1 aromatic heterocycles. The van der Waals surface area contributed by atoms with Gasteiger partial charge in [0.15, 0.2) is 16.6 Å². The molecule has 3 rings (SSSR count). The van der Waals surface area contributed by atoms with E-state index in [0.29, 0.717) is 33.9 Å². The molecule has 34 heavy (non-hydrogen) atoms. The molecular formula is C25H30ClN3O4S. The fraction of sp³-hybridized carbons (Fsp3) is 0.360. The Bertz CT molecular complexity index is 1130. The van der Waals surface area contributed by atoms with Gasteiger partial charge in [0.25, 0.3) is 5.91 Å². The standard InChI is InChI=1S/C25H30ClN3O4S/c1-16-8-10-18(26)24-22(16)27-25(34-24)29(13-7-12-28(2)3)21(30)11-9-17-14-19(31-4)23(33-6)20(15-17)32-5/h8-11,14-15H,7,12-13H2,1-6H3. The number of carbonyl (C=O) groups excluding carboxylic acids is 1. The van der Waals surface area contributed by atoms with Gasteiger partial charge in [-0.25, -0.2) is 4.98 Å². The summed E-state index contributed by atoms with van der Waals surface area (Å²) in [6.07, 6.45) is 4.08. The zero-order chi connectivity index (χ0) is 24.8. The topological polar surface area (TPSA) is 64.1 Å². The molecule has 0 aliphatic carbocycles. The van der Waals surface area contributed by atoms with Gasteiger partial charge in [0.2, 0.25) is 5.75 Å². The summed E-state index contributed by atoms with van der Waals surface area (Å²) in [6, 6.07) is 7.39. The maximum Gasteiger partial charge on any atom is 0.252 e. The highest BCUT2D eigenvalue weighted by Crippen LogP contribution is 2.39. The van der Waals surface area contributed by atoms with Crippen molar-refractivity contribution in [3.63, 3.8) is 0 Å². The molecular weight excluding hydrogens is 474 g/mol. The lowest BCUT2D eigenvalue weighted by atomic mass is 10.1. The molecule has 0 saturated carbocycles. The van der Waals surface area contributed by atoms with E-state index in [0.717, 1.165) is 34.3 Å². The Morgan fingerprint density at radius 2 is 1.76 bits per heavy atom. The van der Waals surface area contributed by atoms with E-state index in [1.165, 1.54) is 17.4 Å². The zero-order valence-electron chi connectivity index (χ0n) is 20.3. The minimum Gasteiger partial charge on any atom is -0.493 e. The van der Waals surface area contributed by atoms with Crippen molar-refractivity contribution in [3.05, 3.63) is 46.5 Å². The van der Waals surface area contributed by atoms with Gasteiger partial charge in [-0.15, -0.1) is 0 Å². The van der Waals surface area contributed by atoms with E-state index < -0.39 is 0 Å². The van der Waals surface area contributed by atoms with Gasteiger partial charge in [-0.2, -0.15) is 0 Å². The fourth-order valence-electron chi connectivity index (χ4n) is 3.51. The highest BCUT2D eigenvalue weighted by Gasteiger charge is 2.20. The quantitative estimate of drug-likeness (QED) is 0.351. The largest absolute Gasteiger partial charge is 0.493 e. The summed E-state index contributed by atoms with van der Waals surface area (Å²) in [4.78, 5) is 21.9. The molecule has 0 atom stereocenters. The van der Waals surface area contributed by atoms with Gasteiger partial charge in [0.05, 0.1) is 36.6 Å². The van der Waals surface area contributed by atoms with Gasteiger partial charge in [-0.1, -0.05) is 29.0 Å². The second kappa shape index (κ2) is 11.6. The van der Waals surface area contributed by atoms with Crippen molar-refractivity contribution in [1.82, 2.24) is 9.88 Å². The van der Waals surface area contributed by atoms with Gasteiger partial charge in [-0.3, -0.25) is 9.69 Å². The summed E-state index contributed by atoms with van der Waals surface area (Å²) < 4.78 is 17.1. The number of rotatable bonds is 10. The molecule has 1 heterocycles. The van der Waals surface area contributed by atoms with E-state index in [9.17, 15) is 4.79 Å². The van der Waals surface area contributed by atoms with Gasteiger partial charge in [0.1, 0.15) is 0 Å². The molecule has 0 unspecified atom stereocenters. The molecule has 9 heteroatoms. The van der Waals surface area contributed by atoms with Crippen LogP contribution in [0.3, 0.4) is 0 Å². The van der Waals surface area contributed by atoms with Crippen molar-refractivity contribution in [2.45, 2.75) is 13.3 Å². The van der Waals surface area contributed by atoms with Crippen molar-refractivity contribution in [2.75, 3.05) is 53.4 Å². The average molecular weight is 504 g/mol. The predicted molar refractivity (Wildman–Crippen MR) is 140 cm³/mol. The van der Waals surface area contributed by atoms with E-state index in [2.05, 4.69) is 4.90 Å². The first kappa shape index (κ1) is 25.8. The minimum absolute atomic E-state index is 0.166. The van der Waals surface area contributed by atoms with Crippen LogP contribution >= 0.6 is 22.9 Å². The minimum atomic E-state index is -0.166. The monoisotopic (exact) mass is 503 g/mol. The number of amides is 1. The summed E-state index contributed by atoms with van der Waals surface area (Å²) in [5.41, 5.74) is 2.60. The molecule has 7 nitrogen and oxygen atoms in total. The van der Waals surface area contributed by atoms with Crippen LogP contribution in [-0.4, -0.2) is 64.3 Å². The Morgan fingerprint density at radius 1 is 1.09 bits per heavy atom. The molecule has 0 aliphatic heterocycles. The van der Waals surface area contributed by atoms with Crippen molar-refractivity contribution in [3.8, 4) is 17.2 Å². The molecule has 0 N–H and O–H groups in total. The third-order valence-electron chi connectivity index (χ3n) is 5.28. The molecule has 1 amide bonds. The van der Waals surface area contributed by atoms with Crippen LogP contribution in [-0.2, 0) is 4.79 Å². The number of aromatic nitrogens is 1. The number of methoxy groups -OCH3 is 3. The summed E-state index contributed by atoms with van der Waals surface area (Å²) in [5, 5.41) is 1.27. The van der Waals surface area contributed by atoms with Gasteiger partial charge in [0, 0.05) is 12.6 Å². The lowest BCUT2D eigenvalue weighted by Gasteiger charge is -2.19. The first-order chi connectivity index (χ1) is 16.3. The molecule has 182 valence electrons. The van der Waals surface area contributed by atoms with Crippen LogP contribution in [0.25, 0.3) is 16.3 Å². The SMILES string of the molecule is COc1cc(C=CC(=O)N(CCCN(C)C)c2nc3c(C)ccc(Cl)c3s2)cc(OC)c1OC. The van der Waals surface area contributed by atoms with E-state index in [1.54, 1.807) is 44.4 Å². The van der Waals surface area contributed by atoms with Gasteiger partial charge >= 0.3 is 0 Å². The number of anilines is 1. The third kappa shape index (κ3) is 5.81. The smallest absolute Gasteiger partial charge is 0.252 e. The maximum absolute atomic E-state index is 13.3. The van der Waals surface area contributed by atoms with Crippen LogP contribution < -0.4 is 19.1 Å². The van der Waals surface area contributed by atoms with Crippen LogP contribution in [0, 0.1) is 6.92 Å². The van der Waals surface area contributed by atoms with Gasteiger partial charge < -0.3 is 19.1 Å². The zero-order valence-corrected chi connectivity index (χ0v) is 21.9. The normalized spacial score (nSPS) is 11.4. The van der Waals surface area contributed by atoms with Crippen molar-refractivity contribution in [2.24, 2.45) is 0 Å². The van der Waals surface area contributed by atoms with Crippen LogP contribution in [0.5, 0.6) is 17.2 Å². The number of thiazole rings is 1. The first-order valence-corrected chi connectivity index (χ1v) is 12.0. The molecule has 0 saturated heterocycles. The summed E-state index contributed by atoms with van der Waals surface area (Å²) >= 11 is 7.84. The van der Waals surface area contributed by atoms with Crippen LogP contribution in [0.1, 0.15) is 17.5 Å². The summed E-state index contributed by atoms with van der Waals surface area (Å²) in [6.45, 7) is 3.38. The van der Waals surface area contributed by atoms with E-state index in [4.69, 9.17) is 30.8 Å². The lowest BCUT2D eigenvalue weighted by molar-refractivity contribution is -0.114. The number of halogens is 1. The number of fused-ring (bicyclic) bond motifs is 1. The molecule has 0 aliphatic rings. The van der Waals surface area contributed by atoms with Crippen LogP contribution in [0.15, 0.2) is 30.3 Å². The lowest BCUT2D eigenvalue weighted by Crippen LogP contribution is -2.32. The number of benzene rings is 2. The Kier molecular flexibility index (Phi) is 8.77. The van der Waals surface area contributed by atoms with E-state index in [-0.39, 0.29) is 5.91 Å². The second-order valence-electron chi connectivity index (χ2n) is 7.98. The first-order valence-electron chi connectivity index (χ1n) is 10.8. The van der Waals surface area contributed by atoms with E-state index >= 15 is 0 Å². The highest BCUT2D eigenvalue weighted by molar-refractivity contribution is 7.23. The maximum atomic E-state index is 13.3.